The lowest BCUT2D eigenvalue weighted by molar-refractivity contribution is 0.0591. The highest BCUT2D eigenvalue weighted by atomic mass is 35.5. The average molecular weight is 240 g/mol. The van der Waals surface area contributed by atoms with Gasteiger partial charge in [0.25, 0.3) is 5.91 Å². The normalized spacial score (nSPS) is 19.5. The van der Waals surface area contributed by atoms with E-state index in [-0.39, 0.29) is 11.9 Å². The summed E-state index contributed by atoms with van der Waals surface area (Å²) in [6.07, 6.45) is 0.493. The van der Waals surface area contributed by atoms with E-state index in [2.05, 4.69) is 5.32 Å². The molecule has 0 radical (unpaired) electrons. The van der Waals surface area contributed by atoms with Crippen LogP contribution in [0.4, 0.5) is 0 Å². The van der Waals surface area contributed by atoms with Gasteiger partial charge in [0.05, 0.1) is 11.6 Å². The Morgan fingerprint density at radius 3 is 2.81 bits per heavy atom. The summed E-state index contributed by atoms with van der Waals surface area (Å²) >= 11 is 5.84. The second-order valence-corrected chi connectivity index (χ2v) is 5.21. The van der Waals surface area contributed by atoms with Crippen molar-refractivity contribution in [3.05, 3.63) is 34.3 Å². The van der Waals surface area contributed by atoms with Gasteiger partial charge in [0.1, 0.15) is 0 Å². The van der Waals surface area contributed by atoms with E-state index in [4.69, 9.17) is 11.6 Å². The van der Waals surface area contributed by atoms with Crippen molar-refractivity contribution < 1.29 is 9.90 Å². The lowest BCUT2D eigenvalue weighted by atomic mass is 9.94. The topological polar surface area (TPSA) is 49.3 Å². The Kier molecular flexibility index (Phi) is 2.68. The number of hydrogen-bond acceptors (Lipinski definition) is 2. The van der Waals surface area contributed by atoms with Crippen LogP contribution in [-0.2, 0) is 0 Å². The van der Waals surface area contributed by atoms with Gasteiger partial charge in [-0.15, -0.1) is 0 Å². The molecule has 0 saturated carbocycles. The van der Waals surface area contributed by atoms with Crippen LogP contribution in [0, 0.1) is 0 Å². The minimum atomic E-state index is -0.806. The lowest BCUT2D eigenvalue weighted by Crippen LogP contribution is -2.28. The maximum Gasteiger partial charge on any atom is 0.252 e. The third-order valence-corrected chi connectivity index (χ3v) is 2.88. The molecule has 1 aromatic rings. The molecule has 0 spiro atoms. The monoisotopic (exact) mass is 239 g/mol. The second kappa shape index (κ2) is 3.75. The average Bonchev–Trinajstić information content (AvgIpc) is 2.40. The first-order valence-electron chi connectivity index (χ1n) is 5.19. The van der Waals surface area contributed by atoms with E-state index >= 15 is 0 Å². The fourth-order valence-electron chi connectivity index (χ4n) is 2.00. The summed E-state index contributed by atoms with van der Waals surface area (Å²) in [5.41, 5.74) is 0.720. The Labute approximate surface area is 99.4 Å². The van der Waals surface area contributed by atoms with Crippen molar-refractivity contribution in [2.45, 2.75) is 31.9 Å². The van der Waals surface area contributed by atoms with Crippen molar-refractivity contribution in [3.8, 4) is 0 Å². The Balaban J connectivity index is 2.33. The number of amides is 1. The Morgan fingerprint density at radius 1 is 1.50 bits per heavy atom. The third kappa shape index (κ3) is 2.20. The van der Waals surface area contributed by atoms with Gasteiger partial charge in [-0.1, -0.05) is 17.7 Å². The number of rotatable bonds is 2. The number of aliphatic hydroxyl groups is 1. The molecule has 0 bridgehead atoms. The van der Waals surface area contributed by atoms with Gasteiger partial charge in [-0.25, -0.2) is 0 Å². The van der Waals surface area contributed by atoms with Crippen LogP contribution in [0.25, 0.3) is 0 Å². The number of hydrogen-bond donors (Lipinski definition) is 2. The van der Waals surface area contributed by atoms with E-state index in [9.17, 15) is 9.90 Å². The van der Waals surface area contributed by atoms with Gasteiger partial charge in [-0.2, -0.15) is 0 Å². The number of carbonyl (C=O) groups excluding carboxylic acids is 1. The maximum atomic E-state index is 11.7. The molecule has 86 valence electrons. The largest absolute Gasteiger partial charge is 0.390 e. The maximum absolute atomic E-state index is 11.7. The molecule has 2 N–H and O–H groups in total. The fourth-order valence-corrected chi connectivity index (χ4v) is 2.18. The lowest BCUT2D eigenvalue weighted by Gasteiger charge is -2.22. The summed E-state index contributed by atoms with van der Waals surface area (Å²) in [5.74, 6) is -0.119. The highest BCUT2D eigenvalue weighted by Crippen LogP contribution is 2.32. The third-order valence-electron chi connectivity index (χ3n) is 2.64. The van der Waals surface area contributed by atoms with Gasteiger partial charge < -0.3 is 10.4 Å². The molecule has 3 nitrogen and oxygen atoms in total. The van der Waals surface area contributed by atoms with Gasteiger partial charge >= 0.3 is 0 Å². The highest BCUT2D eigenvalue weighted by Gasteiger charge is 2.32. The molecular formula is C12H14ClNO2. The molecular weight excluding hydrogens is 226 g/mol. The zero-order chi connectivity index (χ0) is 11.9. The second-order valence-electron chi connectivity index (χ2n) is 4.77. The van der Waals surface area contributed by atoms with Crippen LogP contribution in [0.2, 0.25) is 5.02 Å². The predicted molar refractivity (Wildman–Crippen MR) is 62.6 cm³/mol. The zero-order valence-electron chi connectivity index (χ0n) is 9.25. The van der Waals surface area contributed by atoms with E-state index in [0.717, 1.165) is 5.56 Å². The van der Waals surface area contributed by atoms with Crippen LogP contribution in [0.5, 0.6) is 0 Å². The molecule has 1 aliphatic rings. The molecule has 1 atom stereocenters. The summed E-state index contributed by atoms with van der Waals surface area (Å²) in [6.45, 7) is 3.46. The van der Waals surface area contributed by atoms with Crippen LogP contribution in [-0.4, -0.2) is 16.6 Å². The van der Waals surface area contributed by atoms with Crippen molar-refractivity contribution in [2.24, 2.45) is 0 Å². The first kappa shape index (κ1) is 11.4. The van der Waals surface area contributed by atoms with Crippen molar-refractivity contribution in [1.29, 1.82) is 0 Å². The Hall–Kier alpha value is -1.06. The van der Waals surface area contributed by atoms with Crippen molar-refractivity contribution >= 4 is 17.5 Å². The summed E-state index contributed by atoms with van der Waals surface area (Å²) in [5, 5.41) is 13.2. The van der Waals surface area contributed by atoms with Gasteiger partial charge in [0, 0.05) is 17.0 Å². The number of fused-ring (bicyclic) bond motifs is 1. The molecule has 1 aromatic carbocycles. The summed E-state index contributed by atoms with van der Waals surface area (Å²) in [6, 6.07) is 5.14. The molecule has 0 aliphatic carbocycles. The summed E-state index contributed by atoms with van der Waals surface area (Å²) in [7, 11) is 0. The molecule has 1 unspecified atom stereocenters. The van der Waals surface area contributed by atoms with Crippen LogP contribution in [0.15, 0.2) is 18.2 Å². The van der Waals surface area contributed by atoms with Gasteiger partial charge in [-0.05, 0) is 31.5 Å². The molecule has 4 heteroatoms. The number of halogens is 1. The van der Waals surface area contributed by atoms with E-state index in [1.807, 2.05) is 6.07 Å². The highest BCUT2D eigenvalue weighted by molar-refractivity contribution is 6.31. The van der Waals surface area contributed by atoms with Gasteiger partial charge in [-0.3, -0.25) is 4.79 Å². The van der Waals surface area contributed by atoms with E-state index in [1.54, 1.807) is 26.0 Å². The van der Waals surface area contributed by atoms with Crippen LogP contribution < -0.4 is 5.32 Å². The molecule has 0 aromatic heterocycles. The van der Waals surface area contributed by atoms with Crippen molar-refractivity contribution in [3.63, 3.8) is 0 Å². The standard InChI is InChI=1S/C12H14ClNO2/c1-12(2,16)6-10-8-4-3-7(13)5-9(8)11(15)14-10/h3-5,10,16H,6H2,1-2H3,(H,14,15). The number of nitrogens with one attached hydrogen (secondary N) is 1. The first-order chi connectivity index (χ1) is 7.37. The first-order valence-corrected chi connectivity index (χ1v) is 5.57. The molecule has 0 fully saturated rings. The number of carbonyl (C=O) groups is 1. The summed E-state index contributed by atoms with van der Waals surface area (Å²) < 4.78 is 0. The van der Waals surface area contributed by atoms with Gasteiger partial charge in [0.2, 0.25) is 0 Å². The Bertz CT molecular complexity index is 437. The number of benzene rings is 1. The van der Waals surface area contributed by atoms with Gasteiger partial charge in [0.15, 0.2) is 0 Å². The fraction of sp³-hybridized carbons (Fsp3) is 0.417. The minimum absolute atomic E-state index is 0.119. The molecule has 1 amide bonds. The van der Waals surface area contributed by atoms with Crippen LogP contribution in [0.1, 0.15) is 42.2 Å². The van der Waals surface area contributed by atoms with Crippen molar-refractivity contribution in [1.82, 2.24) is 5.32 Å². The molecule has 1 aliphatic heterocycles. The SMILES string of the molecule is CC(C)(O)CC1NC(=O)c2cc(Cl)ccc21. The van der Waals surface area contributed by atoms with E-state index in [1.165, 1.54) is 0 Å². The molecule has 1 heterocycles. The quantitative estimate of drug-likeness (QED) is 0.832. The van der Waals surface area contributed by atoms with Crippen molar-refractivity contribution in [2.75, 3.05) is 0 Å². The van der Waals surface area contributed by atoms with E-state index in [0.29, 0.717) is 17.0 Å². The molecule has 0 saturated heterocycles. The Morgan fingerprint density at radius 2 is 2.19 bits per heavy atom. The predicted octanol–water partition coefficient (Wildman–Crippen LogP) is 2.29. The summed E-state index contributed by atoms with van der Waals surface area (Å²) in [4.78, 5) is 11.7. The van der Waals surface area contributed by atoms with Crippen LogP contribution >= 0.6 is 11.6 Å². The zero-order valence-corrected chi connectivity index (χ0v) is 10.0. The van der Waals surface area contributed by atoms with Crippen LogP contribution in [0.3, 0.4) is 0 Å². The smallest absolute Gasteiger partial charge is 0.252 e. The van der Waals surface area contributed by atoms with E-state index < -0.39 is 5.60 Å². The molecule has 16 heavy (non-hydrogen) atoms. The minimum Gasteiger partial charge on any atom is -0.390 e. The molecule has 2 rings (SSSR count).